The highest BCUT2D eigenvalue weighted by molar-refractivity contribution is 5.93. The zero-order chi connectivity index (χ0) is 14.7. The summed E-state index contributed by atoms with van der Waals surface area (Å²) in [5.74, 6) is -0.868. The SMILES string of the molecule is CCc1nnc(-n2cccc2C#N)c(C(=O)O)c1CC. The second-order valence-electron chi connectivity index (χ2n) is 4.21. The lowest BCUT2D eigenvalue weighted by Gasteiger charge is -2.13. The van der Waals surface area contributed by atoms with Crippen LogP contribution >= 0.6 is 0 Å². The van der Waals surface area contributed by atoms with Gasteiger partial charge in [0.2, 0.25) is 0 Å². The van der Waals surface area contributed by atoms with Crippen molar-refractivity contribution < 1.29 is 9.90 Å². The average molecular weight is 270 g/mol. The number of aryl methyl sites for hydroxylation is 1. The minimum Gasteiger partial charge on any atom is -0.478 e. The van der Waals surface area contributed by atoms with E-state index >= 15 is 0 Å². The molecule has 0 aliphatic carbocycles. The van der Waals surface area contributed by atoms with E-state index < -0.39 is 5.97 Å². The largest absolute Gasteiger partial charge is 0.478 e. The van der Waals surface area contributed by atoms with Gasteiger partial charge in [0.05, 0.1) is 5.69 Å². The predicted molar refractivity (Wildman–Crippen MR) is 71.8 cm³/mol. The molecule has 0 atom stereocenters. The van der Waals surface area contributed by atoms with E-state index in [2.05, 4.69) is 10.2 Å². The van der Waals surface area contributed by atoms with E-state index in [0.29, 0.717) is 29.8 Å². The molecule has 20 heavy (non-hydrogen) atoms. The zero-order valence-corrected chi connectivity index (χ0v) is 11.3. The molecule has 0 aromatic carbocycles. The minimum atomic E-state index is -1.06. The normalized spacial score (nSPS) is 10.2. The van der Waals surface area contributed by atoms with Crippen LogP contribution in [0.1, 0.15) is 41.2 Å². The van der Waals surface area contributed by atoms with Gasteiger partial charge < -0.3 is 5.11 Å². The van der Waals surface area contributed by atoms with Gasteiger partial charge >= 0.3 is 5.97 Å². The fraction of sp³-hybridized carbons (Fsp3) is 0.286. The molecule has 1 N–H and O–H groups in total. The molecule has 6 nitrogen and oxygen atoms in total. The molecule has 0 aliphatic heterocycles. The number of carboxylic acid groups (broad SMARTS) is 1. The monoisotopic (exact) mass is 270 g/mol. The van der Waals surface area contributed by atoms with E-state index in [-0.39, 0.29) is 11.4 Å². The van der Waals surface area contributed by atoms with E-state index in [9.17, 15) is 9.90 Å². The van der Waals surface area contributed by atoms with E-state index in [4.69, 9.17) is 5.26 Å². The summed E-state index contributed by atoms with van der Waals surface area (Å²) >= 11 is 0. The molecule has 0 saturated carbocycles. The highest BCUT2D eigenvalue weighted by atomic mass is 16.4. The maximum absolute atomic E-state index is 11.6. The molecule has 2 aromatic heterocycles. The van der Waals surface area contributed by atoms with Crippen molar-refractivity contribution in [2.45, 2.75) is 26.7 Å². The van der Waals surface area contributed by atoms with Crippen LogP contribution < -0.4 is 0 Å². The average Bonchev–Trinajstić information content (AvgIpc) is 2.93. The Hall–Kier alpha value is -2.68. The Bertz CT molecular complexity index is 698. The Morgan fingerprint density at radius 3 is 2.70 bits per heavy atom. The summed E-state index contributed by atoms with van der Waals surface area (Å²) in [5.41, 5.74) is 1.79. The summed E-state index contributed by atoms with van der Waals surface area (Å²) in [4.78, 5) is 11.6. The second kappa shape index (κ2) is 5.53. The first kappa shape index (κ1) is 13.7. The molecule has 0 amide bonds. The Labute approximate surface area is 116 Å². The van der Waals surface area contributed by atoms with Gasteiger partial charge in [0.1, 0.15) is 17.3 Å². The van der Waals surface area contributed by atoms with Crippen LogP contribution in [0, 0.1) is 11.3 Å². The fourth-order valence-electron chi connectivity index (χ4n) is 2.21. The number of hydrogen-bond acceptors (Lipinski definition) is 4. The Morgan fingerprint density at radius 2 is 2.15 bits per heavy atom. The van der Waals surface area contributed by atoms with Crippen molar-refractivity contribution in [1.29, 1.82) is 5.26 Å². The van der Waals surface area contributed by atoms with Crippen molar-refractivity contribution in [1.82, 2.24) is 14.8 Å². The van der Waals surface area contributed by atoms with Crippen LogP contribution in [-0.4, -0.2) is 25.8 Å². The summed E-state index contributed by atoms with van der Waals surface area (Å²) in [6, 6.07) is 5.28. The lowest BCUT2D eigenvalue weighted by molar-refractivity contribution is 0.0695. The summed E-state index contributed by atoms with van der Waals surface area (Å²) < 4.78 is 1.45. The predicted octanol–water partition coefficient (Wildman–Crippen LogP) is 1.96. The highest BCUT2D eigenvalue weighted by Crippen LogP contribution is 2.21. The third-order valence-corrected chi connectivity index (χ3v) is 3.13. The molecular weight excluding hydrogens is 256 g/mol. The molecule has 0 spiro atoms. The quantitative estimate of drug-likeness (QED) is 0.916. The standard InChI is InChI=1S/C14H14N4O2/c1-3-10-11(4-2)16-17-13(12(10)14(19)20)18-7-5-6-9(18)8-15/h5-7H,3-4H2,1-2H3,(H,19,20). The number of rotatable bonds is 4. The molecule has 0 fully saturated rings. The van der Waals surface area contributed by atoms with Crippen LogP contribution in [0.3, 0.4) is 0 Å². The first-order valence-corrected chi connectivity index (χ1v) is 6.33. The van der Waals surface area contributed by atoms with Crippen molar-refractivity contribution in [2.75, 3.05) is 0 Å². The molecule has 102 valence electrons. The molecule has 2 heterocycles. The highest BCUT2D eigenvalue weighted by Gasteiger charge is 2.22. The second-order valence-corrected chi connectivity index (χ2v) is 4.21. The van der Waals surface area contributed by atoms with Gasteiger partial charge in [-0.3, -0.25) is 4.57 Å². The Morgan fingerprint density at radius 1 is 1.40 bits per heavy atom. The summed E-state index contributed by atoms with van der Waals surface area (Å²) in [6.07, 6.45) is 2.78. The molecule has 0 aliphatic rings. The van der Waals surface area contributed by atoms with Crippen molar-refractivity contribution in [3.05, 3.63) is 40.8 Å². The number of aromatic nitrogens is 3. The minimum absolute atomic E-state index is 0.118. The van der Waals surface area contributed by atoms with E-state index in [1.165, 1.54) is 4.57 Å². The van der Waals surface area contributed by atoms with Crippen LogP contribution in [0.4, 0.5) is 0 Å². The zero-order valence-electron chi connectivity index (χ0n) is 11.3. The number of nitrogens with zero attached hydrogens (tertiary/aromatic N) is 4. The third-order valence-electron chi connectivity index (χ3n) is 3.13. The van der Waals surface area contributed by atoms with Crippen molar-refractivity contribution in [3.8, 4) is 11.9 Å². The first-order valence-electron chi connectivity index (χ1n) is 6.33. The van der Waals surface area contributed by atoms with Gasteiger partial charge in [0.25, 0.3) is 0 Å². The lowest BCUT2D eigenvalue weighted by atomic mass is 10.0. The van der Waals surface area contributed by atoms with Gasteiger partial charge in [0, 0.05) is 6.20 Å². The maximum atomic E-state index is 11.6. The number of hydrogen-bond donors (Lipinski definition) is 1. The number of nitriles is 1. The maximum Gasteiger partial charge on any atom is 0.339 e. The van der Waals surface area contributed by atoms with Crippen molar-refractivity contribution >= 4 is 5.97 Å². The van der Waals surface area contributed by atoms with Crippen LogP contribution in [-0.2, 0) is 12.8 Å². The molecule has 2 rings (SSSR count). The topological polar surface area (TPSA) is 91.8 Å². The van der Waals surface area contributed by atoms with Crippen molar-refractivity contribution in [3.63, 3.8) is 0 Å². The van der Waals surface area contributed by atoms with Gasteiger partial charge in [-0.05, 0) is 30.5 Å². The van der Waals surface area contributed by atoms with E-state index in [1.54, 1.807) is 18.3 Å². The third kappa shape index (κ3) is 2.14. The molecule has 0 saturated heterocycles. The van der Waals surface area contributed by atoms with E-state index in [0.717, 1.165) is 0 Å². The Kier molecular flexibility index (Phi) is 3.80. The number of aromatic carboxylic acids is 1. The van der Waals surface area contributed by atoms with Crippen LogP contribution in [0.15, 0.2) is 18.3 Å². The lowest BCUT2D eigenvalue weighted by Crippen LogP contribution is -2.15. The van der Waals surface area contributed by atoms with Gasteiger partial charge in [-0.1, -0.05) is 13.8 Å². The van der Waals surface area contributed by atoms with Crippen LogP contribution in [0.5, 0.6) is 0 Å². The molecule has 0 radical (unpaired) electrons. The summed E-state index contributed by atoms with van der Waals surface area (Å²) in [6.45, 7) is 3.79. The van der Waals surface area contributed by atoms with E-state index in [1.807, 2.05) is 19.9 Å². The molecule has 0 bridgehead atoms. The molecule has 6 heteroatoms. The smallest absolute Gasteiger partial charge is 0.339 e. The van der Waals surface area contributed by atoms with Gasteiger partial charge in [-0.2, -0.15) is 10.4 Å². The van der Waals surface area contributed by atoms with Crippen molar-refractivity contribution in [2.24, 2.45) is 0 Å². The van der Waals surface area contributed by atoms with Gasteiger partial charge in [-0.25, -0.2) is 4.79 Å². The number of carboxylic acids is 1. The fourth-order valence-corrected chi connectivity index (χ4v) is 2.21. The van der Waals surface area contributed by atoms with Gasteiger partial charge in [0.15, 0.2) is 5.82 Å². The molecule has 2 aromatic rings. The first-order chi connectivity index (χ1) is 9.63. The summed E-state index contributed by atoms with van der Waals surface area (Å²) in [7, 11) is 0. The molecule has 0 unspecified atom stereocenters. The van der Waals surface area contributed by atoms with Gasteiger partial charge in [-0.15, -0.1) is 5.10 Å². The number of carbonyl (C=O) groups is 1. The summed E-state index contributed by atoms with van der Waals surface area (Å²) in [5, 5.41) is 26.7. The van der Waals surface area contributed by atoms with Crippen LogP contribution in [0.25, 0.3) is 5.82 Å². The molecular formula is C14H14N4O2. The van der Waals surface area contributed by atoms with Crippen LogP contribution in [0.2, 0.25) is 0 Å². The Balaban J connectivity index is 2.78.